The SMILES string of the molecule is CCCCC(C(=O)OC)N(CCC(C)C)C1CCCC1. The van der Waals surface area contributed by atoms with Gasteiger partial charge in [-0.1, -0.05) is 46.5 Å². The van der Waals surface area contributed by atoms with Gasteiger partial charge in [0.25, 0.3) is 0 Å². The Balaban J connectivity index is 2.75. The zero-order chi connectivity index (χ0) is 15.0. The topological polar surface area (TPSA) is 29.5 Å². The largest absolute Gasteiger partial charge is 0.468 e. The van der Waals surface area contributed by atoms with Crippen molar-refractivity contribution in [1.82, 2.24) is 4.90 Å². The van der Waals surface area contributed by atoms with Gasteiger partial charge in [-0.3, -0.25) is 9.69 Å². The summed E-state index contributed by atoms with van der Waals surface area (Å²) in [6.45, 7) is 7.73. The van der Waals surface area contributed by atoms with Gasteiger partial charge in [0.15, 0.2) is 0 Å². The second-order valence-electron chi connectivity index (χ2n) is 6.54. The second-order valence-corrected chi connectivity index (χ2v) is 6.54. The molecule has 3 nitrogen and oxygen atoms in total. The fourth-order valence-corrected chi connectivity index (χ4v) is 3.19. The highest BCUT2D eigenvalue weighted by Gasteiger charge is 2.32. The Morgan fingerprint density at radius 1 is 1.25 bits per heavy atom. The number of carbonyl (C=O) groups is 1. The Morgan fingerprint density at radius 3 is 2.40 bits per heavy atom. The molecule has 1 atom stereocenters. The molecule has 1 unspecified atom stereocenters. The molecule has 1 saturated carbocycles. The lowest BCUT2D eigenvalue weighted by Crippen LogP contribution is -2.47. The van der Waals surface area contributed by atoms with Crippen LogP contribution in [-0.4, -0.2) is 36.6 Å². The number of nitrogens with zero attached hydrogens (tertiary/aromatic N) is 1. The molecule has 0 amide bonds. The van der Waals surface area contributed by atoms with Crippen molar-refractivity contribution in [3.63, 3.8) is 0 Å². The van der Waals surface area contributed by atoms with Crippen LogP contribution in [0.4, 0.5) is 0 Å². The fourth-order valence-electron chi connectivity index (χ4n) is 3.19. The quantitative estimate of drug-likeness (QED) is 0.599. The number of ether oxygens (including phenoxy) is 1. The summed E-state index contributed by atoms with van der Waals surface area (Å²) in [5, 5.41) is 0. The van der Waals surface area contributed by atoms with Gasteiger partial charge < -0.3 is 4.74 Å². The standard InChI is InChI=1S/C17H33NO2/c1-5-6-11-16(17(19)20-4)18(13-12-14(2)3)15-9-7-8-10-15/h14-16H,5-13H2,1-4H3. The van der Waals surface area contributed by atoms with Gasteiger partial charge in [-0.05, 0) is 38.1 Å². The van der Waals surface area contributed by atoms with Crippen molar-refractivity contribution in [2.45, 2.75) is 84.2 Å². The van der Waals surface area contributed by atoms with Crippen LogP contribution in [0.5, 0.6) is 0 Å². The Bertz CT molecular complexity index is 272. The fraction of sp³-hybridized carbons (Fsp3) is 0.941. The van der Waals surface area contributed by atoms with Crippen LogP contribution < -0.4 is 0 Å². The van der Waals surface area contributed by atoms with Crippen LogP contribution in [0, 0.1) is 5.92 Å². The number of hydrogen-bond donors (Lipinski definition) is 0. The van der Waals surface area contributed by atoms with E-state index in [0.29, 0.717) is 12.0 Å². The van der Waals surface area contributed by atoms with E-state index in [4.69, 9.17) is 4.74 Å². The smallest absolute Gasteiger partial charge is 0.323 e. The Kier molecular flexibility index (Phi) is 8.20. The molecule has 20 heavy (non-hydrogen) atoms. The van der Waals surface area contributed by atoms with Crippen molar-refractivity contribution < 1.29 is 9.53 Å². The number of unbranched alkanes of at least 4 members (excludes halogenated alkanes) is 1. The molecular formula is C17H33NO2. The van der Waals surface area contributed by atoms with E-state index in [0.717, 1.165) is 32.2 Å². The lowest BCUT2D eigenvalue weighted by Gasteiger charge is -2.35. The summed E-state index contributed by atoms with van der Waals surface area (Å²) in [7, 11) is 1.52. The van der Waals surface area contributed by atoms with Gasteiger partial charge >= 0.3 is 5.97 Å². The monoisotopic (exact) mass is 283 g/mol. The van der Waals surface area contributed by atoms with Crippen LogP contribution in [0.3, 0.4) is 0 Å². The maximum absolute atomic E-state index is 12.2. The van der Waals surface area contributed by atoms with E-state index < -0.39 is 0 Å². The number of esters is 1. The molecule has 0 bridgehead atoms. The van der Waals surface area contributed by atoms with E-state index in [9.17, 15) is 4.79 Å². The summed E-state index contributed by atoms with van der Waals surface area (Å²) in [5.74, 6) is 0.650. The normalized spacial score (nSPS) is 17.9. The molecule has 0 radical (unpaired) electrons. The second kappa shape index (κ2) is 9.38. The summed E-state index contributed by atoms with van der Waals surface area (Å²) < 4.78 is 5.08. The first-order valence-electron chi connectivity index (χ1n) is 8.43. The summed E-state index contributed by atoms with van der Waals surface area (Å²) in [4.78, 5) is 14.7. The zero-order valence-electron chi connectivity index (χ0n) is 13.9. The first kappa shape index (κ1) is 17.5. The van der Waals surface area contributed by atoms with E-state index in [-0.39, 0.29) is 12.0 Å². The minimum atomic E-state index is -0.0332. The molecule has 0 aromatic carbocycles. The van der Waals surface area contributed by atoms with Crippen LogP contribution in [0.1, 0.15) is 72.1 Å². The summed E-state index contributed by atoms with van der Waals surface area (Å²) in [5.41, 5.74) is 0. The van der Waals surface area contributed by atoms with Gasteiger partial charge in [0.1, 0.15) is 6.04 Å². The van der Waals surface area contributed by atoms with Gasteiger partial charge in [0.05, 0.1) is 7.11 Å². The maximum atomic E-state index is 12.2. The molecule has 1 aliphatic rings. The van der Waals surface area contributed by atoms with Crippen LogP contribution in [0.25, 0.3) is 0 Å². The third-order valence-electron chi connectivity index (χ3n) is 4.46. The highest BCUT2D eigenvalue weighted by atomic mass is 16.5. The van der Waals surface area contributed by atoms with Gasteiger partial charge in [0, 0.05) is 6.04 Å². The van der Waals surface area contributed by atoms with Crippen molar-refractivity contribution in [1.29, 1.82) is 0 Å². The number of hydrogen-bond acceptors (Lipinski definition) is 3. The van der Waals surface area contributed by atoms with Crippen molar-refractivity contribution >= 4 is 5.97 Å². The van der Waals surface area contributed by atoms with E-state index >= 15 is 0 Å². The van der Waals surface area contributed by atoms with Gasteiger partial charge in [-0.15, -0.1) is 0 Å². The molecule has 3 heteroatoms. The zero-order valence-corrected chi connectivity index (χ0v) is 13.9. The van der Waals surface area contributed by atoms with Crippen LogP contribution in [0.2, 0.25) is 0 Å². The number of rotatable bonds is 9. The first-order chi connectivity index (χ1) is 9.60. The lowest BCUT2D eigenvalue weighted by molar-refractivity contribution is -0.148. The van der Waals surface area contributed by atoms with Crippen molar-refractivity contribution in [2.75, 3.05) is 13.7 Å². The van der Waals surface area contributed by atoms with Crippen molar-refractivity contribution in [2.24, 2.45) is 5.92 Å². The van der Waals surface area contributed by atoms with Crippen LogP contribution in [0.15, 0.2) is 0 Å². The van der Waals surface area contributed by atoms with Gasteiger partial charge in [-0.2, -0.15) is 0 Å². The van der Waals surface area contributed by atoms with E-state index in [2.05, 4.69) is 25.7 Å². The maximum Gasteiger partial charge on any atom is 0.323 e. The Hall–Kier alpha value is -0.570. The van der Waals surface area contributed by atoms with Crippen LogP contribution in [-0.2, 0) is 9.53 Å². The molecular weight excluding hydrogens is 250 g/mol. The molecule has 1 rings (SSSR count). The lowest BCUT2D eigenvalue weighted by atomic mass is 10.0. The molecule has 0 aromatic rings. The van der Waals surface area contributed by atoms with E-state index in [1.54, 1.807) is 0 Å². The third-order valence-corrected chi connectivity index (χ3v) is 4.46. The highest BCUT2D eigenvalue weighted by Crippen LogP contribution is 2.27. The minimum absolute atomic E-state index is 0.0261. The minimum Gasteiger partial charge on any atom is -0.468 e. The molecule has 118 valence electrons. The predicted molar refractivity (Wildman–Crippen MR) is 83.7 cm³/mol. The molecule has 0 N–H and O–H groups in total. The Morgan fingerprint density at radius 2 is 1.90 bits per heavy atom. The molecule has 1 fully saturated rings. The number of carbonyl (C=O) groups excluding carboxylic acids is 1. The molecule has 0 aliphatic heterocycles. The van der Waals surface area contributed by atoms with Crippen LogP contribution >= 0.6 is 0 Å². The number of methoxy groups -OCH3 is 1. The summed E-state index contributed by atoms with van der Waals surface area (Å²) >= 11 is 0. The van der Waals surface area contributed by atoms with Gasteiger partial charge in [0.2, 0.25) is 0 Å². The first-order valence-corrected chi connectivity index (χ1v) is 8.43. The third kappa shape index (κ3) is 5.43. The summed E-state index contributed by atoms with van der Waals surface area (Å²) in [6.07, 6.45) is 9.46. The molecule has 0 aromatic heterocycles. The predicted octanol–water partition coefficient (Wildman–Crippen LogP) is 4.01. The molecule has 0 saturated heterocycles. The average molecular weight is 283 g/mol. The van der Waals surface area contributed by atoms with Crippen molar-refractivity contribution in [3.05, 3.63) is 0 Å². The Labute approximate surface area is 125 Å². The molecule has 0 heterocycles. The van der Waals surface area contributed by atoms with Gasteiger partial charge in [-0.25, -0.2) is 0 Å². The van der Waals surface area contributed by atoms with E-state index in [1.165, 1.54) is 32.8 Å². The summed E-state index contributed by atoms with van der Waals surface area (Å²) in [6, 6.07) is 0.566. The van der Waals surface area contributed by atoms with E-state index in [1.807, 2.05) is 0 Å². The molecule has 1 aliphatic carbocycles. The average Bonchev–Trinajstić information content (AvgIpc) is 2.95. The molecule has 0 spiro atoms. The van der Waals surface area contributed by atoms with Crippen molar-refractivity contribution in [3.8, 4) is 0 Å². The highest BCUT2D eigenvalue weighted by molar-refractivity contribution is 5.75.